The lowest BCUT2D eigenvalue weighted by molar-refractivity contribution is 0.595. The highest BCUT2D eigenvalue weighted by atomic mass is 19.1. The number of nitrogen functional groups attached to an aromatic ring is 1. The molecule has 100 valence electrons. The van der Waals surface area contributed by atoms with Crippen molar-refractivity contribution in [2.45, 2.75) is 20.3 Å². The molecular formula is C13H14F2N4. The number of hydrogen-bond acceptors (Lipinski definition) is 4. The van der Waals surface area contributed by atoms with Crippen molar-refractivity contribution in [1.29, 1.82) is 0 Å². The second kappa shape index (κ2) is 5.17. The fraction of sp³-hybridized carbons (Fsp3) is 0.231. The summed E-state index contributed by atoms with van der Waals surface area (Å²) in [6.07, 6.45) is 0.602. The maximum Gasteiger partial charge on any atom is 0.147 e. The van der Waals surface area contributed by atoms with Gasteiger partial charge in [0.15, 0.2) is 0 Å². The molecule has 0 aliphatic heterocycles. The van der Waals surface area contributed by atoms with Gasteiger partial charge in [0.25, 0.3) is 0 Å². The monoisotopic (exact) mass is 264 g/mol. The maximum atomic E-state index is 13.7. The minimum absolute atomic E-state index is 0.0169. The zero-order valence-corrected chi connectivity index (χ0v) is 10.7. The lowest BCUT2D eigenvalue weighted by atomic mass is 10.2. The summed E-state index contributed by atoms with van der Waals surface area (Å²) in [5, 5.41) is 2.71. The van der Waals surface area contributed by atoms with Crippen LogP contribution in [-0.4, -0.2) is 9.97 Å². The number of halogens is 2. The number of nitrogens with zero attached hydrogens (tertiary/aromatic N) is 2. The number of nitrogens with one attached hydrogen (secondary N) is 1. The third kappa shape index (κ3) is 2.96. The van der Waals surface area contributed by atoms with E-state index in [2.05, 4.69) is 15.3 Å². The first kappa shape index (κ1) is 13.2. The predicted octanol–water partition coefficient (Wildman–Crippen LogP) is 2.95. The standard InChI is InChI=1S/C13H14F2N4/c1-3-12-18-11(16)6-13(19-12)17-10-5-8(14)7(2)4-9(10)15/h4-6H,3H2,1-2H3,(H3,16,17,18,19). The van der Waals surface area contributed by atoms with Crippen LogP contribution >= 0.6 is 0 Å². The van der Waals surface area contributed by atoms with Crippen LogP contribution in [0.3, 0.4) is 0 Å². The second-order valence-electron chi connectivity index (χ2n) is 4.15. The number of hydrogen-bond donors (Lipinski definition) is 2. The van der Waals surface area contributed by atoms with Crippen LogP contribution in [-0.2, 0) is 6.42 Å². The number of aromatic nitrogens is 2. The number of anilines is 3. The van der Waals surface area contributed by atoms with E-state index >= 15 is 0 Å². The molecule has 3 N–H and O–H groups in total. The smallest absolute Gasteiger partial charge is 0.147 e. The van der Waals surface area contributed by atoms with Gasteiger partial charge in [0.1, 0.15) is 29.1 Å². The summed E-state index contributed by atoms with van der Waals surface area (Å²) in [5.41, 5.74) is 5.89. The number of nitrogens with two attached hydrogens (primary N) is 1. The number of benzene rings is 1. The van der Waals surface area contributed by atoms with Crippen molar-refractivity contribution in [3.05, 3.63) is 41.2 Å². The third-order valence-corrected chi connectivity index (χ3v) is 2.62. The molecule has 2 rings (SSSR count). The zero-order valence-electron chi connectivity index (χ0n) is 10.7. The highest BCUT2D eigenvalue weighted by Gasteiger charge is 2.09. The molecule has 0 unspecified atom stereocenters. The van der Waals surface area contributed by atoms with E-state index in [1.807, 2.05) is 6.92 Å². The van der Waals surface area contributed by atoms with Crippen LogP contribution in [0.15, 0.2) is 18.2 Å². The Morgan fingerprint density at radius 2 is 1.89 bits per heavy atom. The number of rotatable bonds is 3. The Balaban J connectivity index is 2.36. The van der Waals surface area contributed by atoms with Crippen LogP contribution in [0, 0.1) is 18.6 Å². The van der Waals surface area contributed by atoms with E-state index < -0.39 is 11.6 Å². The molecule has 0 atom stereocenters. The van der Waals surface area contributed by atoms with Crippen LogP contribution in [0.25, 0.3) is 0 Å². The summed E-state index contributed by atoms with van der Waals surface area (Å²) in [4.78, 5) is 8.16. The molecule has 2 aromatic rings. The zero-order chi connectivity index (χ0) is 14.0. The molecule has 6 heteroatoms. The average molecular weight is 264 g/mol. The minimum atomic E-state index is -0.547. The van der Waals surface area contributed by atoms with Crippen LogP contribution < -0.4 is 11.1 Å². The fourth-order valence-corrected chi connectivity index (χ4v) is 1.62. The lowest BCUT2D eigenvalue weighted by Crippen LogP contribution is -2.04. The summed E-state index contributed by atoms with van der Waals surface area (Å²) < 4.78 is 27.1. The van der Waals surface area contributed by atoms with Gasteiger partial charge in [0.05, 0.1) is 5.69 Å². The van der Waals surface area contributed by atoms with E-state index in [0.717, 1.165) is 12.1 Å². The minimum Gasteiger partial charge on any atom is -0.384 e. The van der Waals surface area contributed by atoms with Gasteiger partial charge >= 0.3 is 0 Å². The van der Waals surface area contributed by atoms with Gasteiger partial charge in [0.2, 0.25) is 0 Å². The van der Waals surface area contributed by atoms with E-state index in [1.165, 1.54) is 13.0 Å². The Hall–Kier alpha value is -2.24. The molecule has 0 bridgehead atoms. The fourth-order valence-electron chi connectivity index (χ4n) is 1.62. The molecule has 0 fully saturated rings. The van der Waals surface area contributed by atoms with Gasteiger partial charge in [-0.05, 0) is 18.6 Å². The van der Waals surface area contributed by atoms with Crippen molar-refractivity contribution in [3.63, 3.8) is 0 Å². The van der Waals surface area contributed by atoms with E-state index in [-0.39, 0.29) is 17.1 Å². The molecule has 0 saturated carbocycles. The lowest BCUT2D eigenvalue weighted by Gasteiger charge is -2.09. The Morgan fingerprint density at radius 1 is 1.16 bits per heavy atom. The van der Waals surface area contributed by atoms with Crippen LogP contribution in [0.1, 0.15) is 18.3 Å². The molecule has 0 amide bonds. The van der Waals surface area contributed by atoms with Gasteiger partial charge in [-0.25, -0.2) is 18.7 Å². The Bertz CT molecular complexity index is 614. The summed E-state index contributed by atoms with van der Waals surface area (Å²) >= 11 is 0. The molecular weight excluding hydrogens is 250 g/mol. The third-order valence-electron chi connectivity index (χ3n) is 2.62. The largest absolute Gasteiger partial charge is 0.384 e. The topological polar surface area (TPSA) is 63.8 Å². The van der Waals surface area contributed by atoms with E-state index in [4.69, 9.17) is 5.73 Å². The molecule has 0 saturated heterocycles. The molecule has 19 heavy (non-hydrogen) atoms. The van der Waals surface area contributed by atoms with E-state index in [9.17, 15) is 8.78 Å². The second-order valence-corrected chi connectivity index (χ2v) is 4.15. The van der Waals surface area contributed by atoms with Crippen LogP contribution in [0.4, 0.5) is 26.1 Å². The highest BCUT2D eigenvalue weighted by Crippen LogP contribution is 2.22. The summed E-state index contributed by atoms with van der Waals surface area (Å²) in [7, 11) is 0. The van der Waals surface area contributed by atoms with Gasteiger partial charge in [-0.2, -0.15) is 0 Å². The molecule has 0 aliphatic rings. The van der Waals surface area contributed by atoms with E-state index in [0.29, 0.717) is 18.1 Å². The van der Waals surface area contributed by atoms with Crippen molar-refractivity contribution in [3.8, 4) is 0 Å². The van der Waals surface area contributed by atoms with E-state index in [1.54, 1.807) is 0 Å². The molecule has 1 heterocycles. The first-order chi connectivity index (χ1) is 8.99. The Kier molecular flexibility index (Phi) is 3.59. The van der Waals surface area contributed by atoms with Crippen molar-refractivity contribution in [2.75, 3.05) is 11.1 Å². The molecule has 4 nitrogen and oxygen atoms in total. The normalized spacial score (nSPS) is 10.5. The number of aryl methyl sites for hydroxylation is 2. The Morgan fingerprint density at radius 3 is 2.58 bits per heavy atom. The SMILES string of the molecule is CCc1nc(N)cc(Nc2cc(F)c(C)cc2F)n1. The molecule has 0 radical (unpaired) electrons. The Labute approximate surface area is 109 Å². The maximum absolute atomic E-state index is 13.7. The highest BCUT2D eigenvalue weighted by molar-refractivity contribution is 5.59. The van der Waals surface area contributed by atoms with Gasteiger partial charge in [0, 0.05) is 18.6 Å². The van der Waals surface area contributed by atoms with Crippen molar-refractivity contribution in [2.24, 2.45) is 0 Å². The first-order valence-electron chi connectivity index (χ1n) is 5.85. The molecule has 1 aromatic carbocycles. The van der Waals surface area contributed by atoms with Gasteiger partial charge < -0.3 is 11.1 Å². The van der Waals surface area contributed by atoms with Gasteiger partial charge in [-0.1, -0.05) is 6.92 Å². The van der Waals surface area contributed by atoms with Crippen molar-refractivity contribution < 1.29 is 8.78 Å². The quantitative estimate of drug-likeness (QED) is 0.894. The molecule has 0 aliphatic carbocycles. The average Bonchev–Trinajstić information content (AvgIpc) is 2.35. The van der Waals surface area contributed by atoms with Gasteiger partial charge in [-0.15, -0.1) is 0 Å². The summed E-state index contributed by atoms with van der Waals surface area (Å²) in [6, 6.07) is 3.69. The predicted molar refractivity (Wildman–Crippen MR) is 70.2 cm³/mol. The van der Waals surface area contributed by atoms with Gasteiger partial charge in [-0.3, -0.25) is 0 Å². The van der Waals surface area contributed by atoms with Crippen molar-refractivity contribution in [1.82, 2.24) is 9.97 Å². The van der Waals surface area contributed by atoms with Crippen LogP contribution in [0.5, 0.6) is 0 Å². The summed E-state index contributed by atoms with van der Waals surface area (Å²) in [6.45, 7) is 3.38. The van der Waals surface area contributed by atoms with Crippen LogP contribution in [0.2, 0.25) is 0 Å². The first-order valence-corrected chi connectivity index (χ1v) is 5.85. The molecule has 1 aromatic heterocycles. The van der Waals surface area contributed by atoms with Crippen molar-refractivity contribution >= 4 is 17.3 Å². The molecule has 0 spiro atoms. The summed E-state index contributed by atoms with van der Waals surface area (Å²) in [5.74, 6) is 0.125.